The average Bonchev–Trinajstić information content (AvgIpc) is 3.18. The number of methoxy groups -OCH3 is 1. The van der Waals surface area contributed by atoms with Crippen LogP contribution < -0.4 is 20.1 Å². The number of furan rings is 1. The highest BCUT2D eigenvalue weighted by Gasteiger charge is 2.01. The van der Waals surface area contributed by atoms with Crippen LogP contribution in [-0.4, -0.2) is 30.2 Å². The van der Waals surface area contributed by atoms with Crippen molar-refractivity contribution < 1.29 is 13.9 Å². The number of hydrogen-bond donors (Lipinski definition) is 2. The molecule has 0 aliphatic rings. The molecule has 7 heteroatoms. The number of hydrogen-bond acceptors (Lipinski definition) is 7. The zero-order chi connectivity index (χ0) is 17.3. The van der Waals surface area contributed by atoms with E-state index in [4.69, 9.17) is 13.9 Å². The third-order valence-electron chi connectivity index (χ3n) is 3.39. The van der Waals surface area contributed by atoms with Crippen molar-refractivity contribution in [3.8, 4) is 11.5 Å². The summed E-state index contributed by atoms with van der Waals surface area (Å²) in [4.78, 5) is 8.58. The highest BCUT2D eigenvalue weighted by molar-refractivity contribution is 5.39. The van der Waals surface area contributed by atoms with E-state index >= 15 is 0 Å². The lowest BCUT2D eigenvalue weighted by molar-refractivity contribution is 0.331. The van der Waals surface area contributed by atoms with Gasteiger partial charge < -0.3 is 24.5 Å². The van der Waals surface area contributed by atoms with E-state index in [2.05, 4.69) is 20.6 Å². The van der Waals surface area contributed by atoms with Gasteiger partial charge in [0, 0.05) is 6.20 Å². The lowest BCUT2D eigenvalue weighted by atomic mass is 10.3. The minimum Gasteiger partial charge on any atom is -0.497 e. The van der Waals surface area contributed by atoms with Gasteiger partial charge in [-0.25, -0.2) is 4.98 Å². The Morgan fingerprint density at radius 1 is 1.04 bits per heavy atom. The zero-order valence-corrected chi connectivity index (χ0v) is 13.9. The Morgan fingerprint density at radius 2 is 1.88 bits per heavy atom. The van der Waals surface area contributed by atoms with Crippen molar-refractivity contribution in [2.45, 2.75) is 6.54 Å². The van der Waals surface area contributed by atoms with Crippen LogP contribution in [0.1, 0.15) is 5.76 Å². The fourth-order valence-electron chi connectivity index (χ4n) is 2.14. The summed E-state index contributed by atoms with van der Waals surface area (Å²) in [5.74, 6) is 3.70. The van der Waals surface area contributed by atoms with Crippen molar-refractivity contribution in [3.63, 3.8) is 0 Å². The van der Waals surface area contributed by atoms with Crippen LogP contribution in [0.2, 0.25) is 0 Å². The molecule has 3 aromatic rings. The van der Waals surface area contributed by atoms with Crippen LogP contribution in [-0.2, 0) is 6.54 Å². The minimum absolute atomic E-state index is 0.519. The summed E-state index contributed by atoms with van der Waals surface area (Å²) in [6.45, 7) is 1.68. The molecule has 0 saturated carbocycles. The van der Waals surface area contributed by atoms with Gasteiger partial charge in [-0.15, -0.1) is 0 Å². The molecule has 0 fully saturated rings. The van der Waals surface area contributed by atoms with E-state index in [0.29, 0.717) is 25.6 Å². The Labute approximate surface area is 146 Å². The molecule has 25 heavy (non-hydrogen) atoms. The largest absolute Gasteiger partial charge is 0.497 e. The van der Waals surface area contributed by atoms with Gasteiger partial charge in [0.15, 0.2) is 0 Å². The van der Waals surface area contributed by atoms with E-state index in [1.165, 1.54) is 0 Å². The number of rotatable bonds is 9. The van der Waals surface area contributed by atoms with Crippen LogP contribution in [0.15, 0.2) is 59.3 Å². The van der Waals surface area contributed by atoms with Gasteiger partial charge in [-0.2, -0.15) is 4.98 Å². The SMILES string of the molecule is COc1ccc(OCCNc2ccnc(NCc3ccco3)n2)cc1. The molecule has 0 aliphatic heterocycles. The lowest BCUT2D eigenvalue weighted by Gasteiger charge is -2.09. The van der Waals surface area contributed by atoms with E-state index in [0.717, 1.165) is 23.1 Å². The lowest BCUT2D eigenvalue weighted by Crippen LogP contribution is -2.13. The molecule has 2 aromatic heterocycles. The predicted molar refractivity (Wildman–Crippen MR) is 95.0 cm³/mol. The Kier molecular flexibility index (Phi) is 5.71. The molecule has 0 radical (unpaired) electrons. The van der Waals surface area contributed by atoms with Gasteiger partial charge in [0.05, 0.1) is 26.5 Å². The van der Waals surface area contributed by atoms with E-state index in [9.17, 15) is 0 Å². The molecule has 2 heterocycles. The Morgan fingerprint density at radius 3 is 2.64 bits per heavy atom. The zero-order valence-electron chi connectivity index (χ0n) is 13.9. The van der Waals surface area contributed by atoms with Crippen LogP contribution in [0.25, 0.3) is 0 Å². The Hall–Kier alpha value is -3.22. The van der Waals surface area contributed by atoms with Gasteiger partial charge >= 0.3 is 0 Å². The molecule has 1 aromatic carbocycles. The molecule has 130 valence electrons. The number of anilines is 2. The Balaban J connectivity index is 1.42. The van der Waals surface area contributed by atoms with Gasteiger partial charge in [0.25, 0.3) is 0 Å². The molecule has 0 amide bonds. The maximum atomic E-state index is 5.66. The van der Waals surface area contributed by atoms with Gasteiger partial charge in [0.2, 0.25) is 5.95 Å². The summed E-state index contributed by atoms with van der Waals surface area (Å²) in [7, 11) is 1.64. The summed E-state index contributed by atoms with van der Waals surface area (Å²) >= 11 is 0. The molecular formula is C18H20N4O3. The highest BCUT2D eigenvalue weighted by atomic mass is 16.5. The van der Waals surface area contributed by atoms with Crippen LogP contribution in [0.4, 0.5) is 11.8 Å². The van der Waals surface area contributed by atoms with Gasteiger partial charge in [-0.1, -0.05) is 0 Å². The molecule has 3 rings (SSSR count). The van der Waals surface area contributed by atoms with Gasteiger partial charge in [-0.3, -0.25) is 0 Å². The summed E-state index contributed by atoms with van der Waals surface area (Å²) in [5.41, 5.74) is 0. The third-order valence-corrected chi connectivity index (χ3v) is 3.39. The molecular weight excluding hydrogens is 320 g/mol. The number of nitrogens with one attached hydrogen (secondary N) is 2. The van der Waals surface area contributed by atoms with Crippen molar-refractivity contribution in [2.24, 2.45) is 0 Å². The third kappa shape index (κ3) is 5.13. The number of aromatic nitrogens is 2. The second kappa shape index (κ2) is 8.58. The van der Waals surface area contributed by atoms with Crippen molar-refractivity contribution >= 4 is 11.8 Å². The summed E-state index contributed by atoms with van der Waals surface area (Å²) in [5, 5.41) is 6.32. The first-order chi connectivity index (χ1) is 12.3. The normalized spacial score (nSPS) is 10.3. The average molecular weight is 340 g/mol. The molecule has 0 aliphatic carbocycles. The summed E-state index contributed by atoms with van der Waals surface area (Å²) < 4.78 is 16.0. The van der Waals surface area contributed by atoms with Crippen molar-refractivity contribution in [1.82, 2.24) is 9.97 Å². The summed E-state index contributed by atoms with van der Waals surface area (Å²) in [6.07, 6.45) is 3.34. The maximum absolute atomic E-state index is 5.66. The molecule has 7 nitrogen and oxygen atoms in total. The fraction of sp³-hybridized carbons (Fsp3) is 0.222. The van der Waals surface area contributed by atoms with Crippen LogP contribution in [0.3, 0.4) is 0 Å². The van der Waals surface area contributed by atoms with E-state index in [1.54, 1.807) is 19.6 Å². The second-order valence-electron chi connectivity index (χ2n) is 5.15. The van der Waals surface area contributed by atoms with Crippen molar-refractivity contribution in [2.75, 3.05) is 30.9 Å². The van der Waals surface area contributed by atoms with Gasteiger partial charge in [0.1, 0.15) is 29.7 Å². The molecule has 0 unspecified atom stereocenters. The smallest absolute Gasteiger partial charge is 0.224 e. The number of nitrogens with zero attached hydrogens (tertiary/aromatic N) is 2. The quantitative estimate of drug-likeness (QED) is 0.579. The molecule has 0 saturated heterocycles. The first-order valence-electron chi connectivity index (χ1n) is 7.93. The first-order valence-corrected chi connectivity index (χ1v) is 7.93. The van der Waals surface area contributed by atoms with Crippen LogP contribution in [0.5, 0.6) is 11.5 Å². The van der Waals surface area contributed by atoms with Crippen molar-refractivity contribution in [1.29, 1.82) is 0 Å². The molecule has 0 bridgehead atoms. The predicted octanol–water partition coefficient (Wildman–Crippen LogP) is 3.18. The monoisotopic (exact) mass is 340 g/mol. The maximum Gasteiger partial charge on any atom is 0.224 e. The highest BCUT2D eigenvalue weighted by Crippen LogP contribution is 2.16. The molecule has 2 N–H and O–H groups in total. The standard InChI is InChI=1S/C18H20N4O3/c1-23-14-4-6-15(7-5-14)25-12-10-19-17-8-9-20-18(22-17)21-13-16-3-2-11-24-16/h2-9,11H,10,12-13H2,1H3,(H2,19,20,21,22). The molecule has 0 atom stereocenters. The van der Waals surface area contributed by atoms with Crippen LogP contribution in [0, 0.1) is 0 Å². The molecule has 0 spiro atoms. The van der Waals surface area contributed by atoms with Gasteiger partial charge in [-0.05, 0) is 42.5 Å². The van der Waals surface area contributed by atoms with Crippen LogP contribution >= 0.6 is 0 Å². The Bertz CT molecular complexity index is 760. The van der Waals surface area contributed by atoms with E-state index < -0.39 is 0 Å². The summed E-state index contributed by atoms with van der Waals surface area (Å²) in [6, 6.07) is 13.0. The van der Waals surface area contributed by atoms with Crippen molar-refractivity contribution in [3.05, 3.63) is 60.7 Å². The minimum atomic E-state index is 0.519. The first kappa shape index (κ1) is 16.6. The van der Waals surface area contributed by atoms with E-state index in [-0.39, 0.29) is 0 Å². The topological polar surface area (TPSA) is 81.4 Å². The van der Waals surface area contributed by atoms with E-state index in [1.807, 2.05) is 42.5 Å². The number of ether oxygens (including phenoxy) is 2. The second-order valence-corrected chi connectivity index (χ2v) is 5.15. The fourth-order valence-corrected chi connectivity index (χ4v) is 2.14. The number of benzene rings is 1.